The molecule has 0 saturated carbocycles. The number of amides is 1. The van der Waals surface area contributed by atoms with Gasteiger partial charge in [0.15, 0.2) is 11.5 Å². The second-order valence-electron chi connectivity index (χ2n) is 6.60. The number of nitriles is 1. The fourth-order valence-corrected chi connectivity index (χ4v) is 4.60. The van der Waals surface area contributed by atoms with Crippen molar-refractivity contribution in [1.82, 2.24) is 0 Å². The molecule has 2 aromatic rings. The number of nitrogens with zero attached hydrogens (tertiary/aromatic N) is 1. The van der Waals surface area contributed by atoms with E-state index in [1.807, 2.05) is 6.07 Å². The van der Waals surface area contributed by atoms with Gasteiger partial charge < -0.3 is 14.8 Å². The van der Waals surface area contributed by atoms with Gasteiger partial charge in [-0.2, -0.15) is 5.26 Å². The Labute approximate surface area is 163 Å². The van der Waals surface area contributed by atoms with E-state index in [1.54, 1.807) is 32.4 Å². The number of ether oxygens (including phenoxy) is 2. The Morgan fingerprint density at radius 2 is 2.11 bits per heavy atom. The van der Waals surface area contributed by atoms with E-state index in [2.05, 4.69) is 18.3 Å². The predicted octanol–water partition coefficient (Wildman–Crippen LogP) is 4.41. The zero-order valence-corrected chi connectivity index (χ0v) is 16.5. The Kier molecular flexibility index (Phi) is 5.82. The number of nitrogens with one attached hydrogen (secondary N) is 1. The van der Waals surface area contributed by atoms with E-state index in [9.17, 15) is 10.1 Å². The molecule has 0 saturated heterocycles. The van der Waals surface area contributed by atoms with Gasteiger partial charge in [0.05, 0.1) is 19.8 Å². The normalized spacial score (nSPS) is 15.9. The number of methoxy groups -OCH3 is 2. The van der Waals surface area contributed by atoms with E-state index in [4.69, 9.17) is 9.47 Å². The van der Waals surface area contributed by atoms with Crippen LogP contribution >= 0.6 is 11.3 Å². The van der Waals surface area contributed by atoms with Crippen LogP contribution in [0.3, 0.4) is 0 Å². The number of benzene rings is 1. The number of fused-ring (bicyclic) bond motifs is 1. The average molecular weight is 382 g/mol. The Hall–Kier alpha value is -2.78. The first-order valence-electron chi connectivity index (χ1n) is 8.81. The number of rotatable bonds is 5. The molecule has 0 spiro atoms. The van der Waals surface area contributed by atoms with Gasteiger partial charge in [-0.25, -0.2) is 0 Å². The summed E-state index contributed by atoms with van der Waals surface area (Å²) in [6.07, 6.45) is 6.15. The molecule has 1 aliphatic rings. The maximum absolute atomic E-state index is 12.4. The third kappa shape index (κ3) is 4.15. The topological polar surface area (TPSA) is 71.3 Å². The van der Waals surface area contributed by atoms with Gasteiger partial charge in [0.1, 0.15) is 11.1 Å². The van der Waals surface area contributed by atoms with E-state index < -0.39 is 0 Å². The molecule has 27 heavy (non-hydrogen) atoms. The summed E-state index contributed by atoms with van der Waals surface area (Å²) >= 11 is 1.53. The molecule has 1 amide bonds. The molecule has 5 nitrogen and oxygen atoms in total. The first kappa shape index (κ1) is 19.0. The highest BCUT2D eigenvalue weighted by Gasteiger charge is 2.24. The van der Waals surface area contributed by atoms with E-state index in [0.29, 0.717) is 28.0 Å². The molecule has 1 unspecified atom stereocenters. The largest absolute Gasteiger partial charge is 0.493 e. The van der Waals surface area contributed by atoms with Gasteiger partial charge in [0, 0.05) is 11.0 Å². The Morgan fingerprint density at radius 1 is 1.33 bits per heavy atom. The zero-order chi connectivity index (χ0) is 19.4. The molecular formula is C21H22N2O3S. The predicted molar refractivity (Wildman–Crippen MR) is 107 cm³/mol. The SMILES string of the molecule is COc1ccc(C=CC(=O)Nc2sc3c(c2C#N)CCC(C)C3)cc1OC. The van der Waals surface area contributed by atoms with Crippen molar-refractivity contribution in [3.8, 4) is 17.6 Å². The van der Waals surface area contributed by atoms with Gasteiger partial charge in [-0.1, -0.05) is 13.0 Å². The standard InChI is InChI=1S/C21H22N2O3S/c1-13-4-7-15-16(12-22)21(27-19(15)10-13)23-20(24)9-6-14-5-8-17(25-2)18(11-14)26-3/h5-6,8-9,11,13H,4,7,10H2,1-3H3,(H,23,24). The fourth-order valence-electron chi connectivity index (χ4n) is 3.24. The van der Waals surface area contributed by atoms with Crippen LogP contribution in [-0.2, 0) is 17.6 Å². The Balaban J connectivity index is 1.75. The lowest BCUT2D eigenvalue weighted by atomic mass is 9.89. The van der Waals surface area contributed by atoms with Crippen molar-refractivity contribution in [3.05, 3.63) is 45.8 Å². The van der Waals surface area contributed by atoms with E-state index in [0.717, 1.165) is 30.4 Å². The third-order valence-electron chi connectivity index (χ3n) is 4.69. The summed E-state index contributed by atoms with van der Waals surface area (Å²) in [5.74, 6) is 1.60. The van der Waals surface area contributed by atoms with Crippen molar-refractivity contribution in [1.29, 1.82) is 5.26 Å². The van der Waals surface area contributed by atoms with Crippen LogP contribution in [0.5, 0.6) is 11.5 Å². The molecule has 1 atom stereocenters. The van der Waals surface area contributed by atoms with Crippen molar-refractivity contribution < 1.29 is 14.3 Å². The van der Waals surface area contributed by atoms with E-state index in [-0.39, 0.29) is 5.91 Å². The maximum atomic E-state index is 12.4. The molecule has 6 heteroatoms. The van der Waals surface area contributed by atoms with Crippen LogP contribution < -0.4 is 14.8 Å². The van der Waals surface area contributed by atoms with E-state index in [1.165, 1.54) is 22.3 Å². The van der Waals surface area contributed by atoms with Crippen LogP contribution in [0.25, 0.3) is 6.08 Å². The lowest BCUT2D eigenvalue weighted by Gasteiger charge is -2.17. The highest BCUT2D eigenvalue weighted by molar-refractivity contribution is 7.16. The molecule has 0 bridgehead atoms. The summed E-state index contributed by atoms with van der Waals surface area (Å²) in [5, 5.41) is 13.0. The summed E-state index contributed by atoms with van der Waals surface area (Å²) in [6, 6.07) is 7.70. The lowest BCUT2D eigenvalue weighted by Crippen LogP contribution is -2.10. The smallest absolute Gasteiger partial charge is 0.249 e. The second kappa shape index (κ2) is 8.28. The van der Waals surface area contributed by atoms with Crippen LogP contribution in [0.4, 0.5) is 5.00 Å². The second-order valence-corrected chi connectivity index (χ2v) is 7.71. The van der Waals surface area contributed by atoms with Gasteiger partial charge in [0.2, 0.25) is 5.91 Å². The molecule has 0 aliphatic heterocycles. The van der Waals surface area contributed by atoms with E-state index >= 15 is 0 Å². The average Bonchev–Trinajstić information content (AvgIpc) is 3.01. The minimum atomic E-state index is -0.257. The molecular weight excluding hydrogens is 360 g/mol. The summed E-state index contributed by atoms with van der Waals surface area (Å²) in [6.45, 7) is 2.22. The summed E-state index contributed by atoms with van der Waals surface area (Å²) in [4.78, 5) is 13.6. The van der Waals surface area contributed by atoms with Crippen LogP contribution in [0.2, 0.25) is 0 Å². The Bertz CT molecular complexity index is 924. The summed E-state index contributed by atoms with van der Waals surface area (Å²) in [7, 11) is 3.15. The fraction of sp³-hybridized carbons (Fsp3) is 0.333. The summed E-state index contributed by atoms with van der Waals surface area (Å²) < 4.78 is 10.5. The number of hydrogen-bond acceptors (Lipinski definition) is 5. The van der Waals surface area contributed by atoms with Crippen LogP contribution in [0.1, 0.15) is 34.9 Å². The number of anilines is 1. The minimum Gasteiger partial charge on any atom is -0.493 e. The lowest BCUT2D eigenvalue weighted by molar-refractivity contribution is -0.111. The number of carbonyl (C=O) groups is 1. The van der Waals surface area contributed by atoms with Crippen LogP contribution in [-0.4, -0.2) is 20.1 Å². The first-order chi connectivity index (χ1) is 13.0. The molecule has 1 heterocycles. The molecule has 1 aromatic carbocycles. The maximum Gasteiger partial charge on any atom is 0.249 e. The molecule has 3 rings (SSSR count). The number of thiophene rings is 1. The van der Waals surface area contributed by atoms with Crippen molar-refractivity contribution in [2.75, 3.05) is 19.5 Å². The molecule has 1 N–H and O–H groups in total. The molecule has 1 aromatic heterocycles. The monoisotopic (exact) mass is 382 g/mol. The zero-order valence-electron chi connectivity index (χ0n) is 15.7. The van der Waals surface area contributed by atoms with Gasteiger partial charge in [-0.05, 0) is 54.5 Å². The molecule has 0 fully saturated rings. The van der Waals surface area contributed by atoms with Crippen molar-refractivity contribution in [2.45, 2.75) is 26.2 Å². The number of carbonyl (C=O) groups excluding carboxylic acids is 1. The Morgan fingerprint density at radius 3 is 2.81 bits per heavy atom. The molecule has 140 valence electrons. The van der Waals surface area contributed by atoms with Crippen molar-refractivity contribution >= 4 is 28.3 Å². The molecule has 0 radical (unpaired) electrons. The summed E-state index contributed by atoms with van der Waals surface area (Å²) in [5.41, 5.74) is 2.55. The molecule has 1 aliphatic carbocycles. The highest BCUT2D eigenvalue weighted by Crippen LogP contribution is 2.39. The van der Waals surface area contributed by atoms with Crippen LogP contribution in [0, 0.1) is 17.2 Å². The highest BCUT2D eigenvalue weighted by atomic mass is 32.1. The van der Waals surface area contributed by atoms with Gasteiger partial charge in [-0.3, -0.25) is 4.79 Å². The number of hydrogen-bond donors (Lipinski definition) is 1. The minimum absolute atomic E-state index is 0.257. The quantitative estimate of drug-likeness (QED) is 0.778. The van der Waals surface area contributed by atoms with Crippen molar-refractivity contribution in [3.63, 3.8) is 0 Å². The van der Waals surface area contributed by atoms with Crippen LogP contribution in [0.15, 0.2) is 24.3 Å². The first-order valence-corrected chi connectivity index (χ1v) is 9.63. The third-order valence-corrected chi connectivity index (χ3v) is 5.86. The van der Waals surface area contributed by atoms with Gasteiger partial charge >= 0.3 is 0 Å². The van der Waals surface area contributed by atoms with Gasteiger partial charge in [0.25, 0.3) is 0 Å². The van der Waals surface area contributed by atoms with Gasteiger partial charge in [-0.15, -0.1) is 11.3 Å². The van der Waals surface area contributed by atoms with Crippen molar-refractivity contribution in [2.24, 2.45) is 5.92 Å².